The molecule has 2 N–H and O–H groups in total. The molecule has 1 fully saturated rings. The maximum absolute atomic E-state index is 12.1. The zero-order valence-electron chi connectivity index (χ0n) is 16.1. The van der Waals surface area contributed by atoms with Crippen LogP contribution in [-0.2, 0) is 22.7 Å². The normalized spacial score (nSPS) is 14.8. The third kappa shape index (κ3) is 8.00. The quantitative estimate of drug-likeness (QED) is 0.631. The number of amides is 2. The van der Waals surface area contributed by atoms with Gasteiger partial charge in [-0.25, -0.2) is 0 Å². The average molecular weight is 360 g/mol. The van der Waals surface area contributed by atoms with Crippen molar-refractivity contribution in [3.8, 4) is 0 Å². The summed E-state index contributed by atoms with van der Waals surface area (Å²) in [5.41, 5.74) is 2.54. The summed E-state index contributed by atoms with van der Waals surface area (Å²) in [6.07, 6.45) is 7.22. The predicted molar refractivity (Wildman–Crippen MR) is 105 cm³/mol. The van der Waals surface area contributed by atoms with E-state index in [1.807, 2.05) is 6.07 Å². The second kappa shape index (κ2) is 11.7. The molecule has 1 saturated heterocycles. The van der Waals surface area contributed by atoms with Crippen LogP contribution in [0.5, 0.6) is 0 Å². The van der Waals surface area contributed by atoms with Crippen LogP contribution in [-0.4, -0.2) is 36.3 Å². The van der Waals surface area contributed by atoms with Crippen molar-refractivity contribution >= 4 is 11.8 Å². The van der Waals surface area contributed by atoms with Gasteiger partial charge in [0, 0.05) is 33.0 Å². The molecule has 1 aromatic rings. The molecule has 0 saturated carbocycles. The molecule has 2 amide bonds. The van der Waals surface area contributed by atoms with Gasteiger partial charge in [0.1, 0.15) is 0 Å². The first-order chi connectivity index (χ1) is 12.6. The zero-order chi connectivity index (χ0) is 18.6. The molecule has 1 aliphatic rings. The number of rotatable bonds is 10. The van der Waals surface area contributed by atoms with Crippen LogP contribution in [0.4, 0.5) is 0 Å². The lowest BCUT2D eigenvalue weighted by Gasteiger charge is -2.27. The molecule has 0 atom stereocenters. The zero-order valence-corrected chi connectivity index (χ0v) is 16.1. The van der Waals surface area contributed by atoms with Crippen molar-refractivity contribution in [2.45, 2.75) is 65.0 Å². The molecular formula is C21H33N3O2. The third-order valence-corrected chi connectivity index (χ3v) is 4.89. The van der Waals surface area contributed by atoms with Gasteiger partial charge in [0.15, 0.2) is 0 Å². The molecule has 144 valence electrons. The van der Waals surface area contributed by atoms with Crippen LogP contribution in [0.2, 0.25) is 0 Å². The van der Waals surface area contributed by atoms with Crippen molar-refractivity contribution in [3.05, 3.63) is 35.4 Å². The van der Waals surface area contributed by atoms with E-state index in [4.69, 9.17) is 0 Å². The topological polar surface area (TPSA) is 61.4 Å². The largest absolute Gasteiger partial charge is 0.356 e. The van der Waals surface area contributed by atoms with E-state index in [-0.39, 0.29) is 11.8 Å². The number of nitrogens with one attached hydrogen (secondary N) is 2. The van der Waals surface area contributed by atoms with E-state index < -0.39 is 0 Å². The van der Waals surface area contributed by atoms with Gasteiger partial charge in [0.2, 0.25) is 11.8 Å². The minimum absolute atomic E-state index is 0.00552. The first kappa shape index (κ1) is 20.4. The Balaban J connectivity index is 1.68. The predicted octanol–water partition coefficient (Wildman–Crippen LogP) is 2.99. The second-order valence-electron chi connectivity index (χ2n) is 7.18. The monoisotopic (exact) mass is 359 g/mol. The number of nitrogens with zero attached hydrogens (tertiary/aromatic N) is 1. The third-order valence-electron chi connectivity index (χ3n) is 4.89. The Hall–Kier alpha value is -1.88. The Labute approximate surface area is 157 Å². The van der Waals surface area contributed by atoms with Gasteiger partial charge in [-0.3, -0.25) is 14.5 Å². The fourth-order valence-corrected chi connectivity index (χ4v) is 3.38. The molecular weight excluding hydrogens is 326 g/mol. The molecule has 0 aromatic heterocycles. The molecule has 0 spiro atoms. The maximum Gasteiger partial charge on any atom is 0.220 e. The maximum atomic E-state index is 12.1. The Bertz CT molecular complexity index is 568. The molecule has 0 unspecified atom stereocenters. The Morgan fingerprint density at radius 3 is 2.42 bits per heavy atom. The van der Waals surface area contributed by atoms with Crippen molar-refractivity contribution in [3.63, 3.8) is 0 Å². The summed E-state index contributed by atoms with van der Waals surface area (Å²) in [4.78, 5) is 25.4. The number of carbonyl (C=O) groups is 2. The molecule has 2 rings (SSSR count). The first-order valence-electron chi connectivity index (χ1n) is 9.95. The van der Waals surface area contributed by atoms with Gasteiger partial charge in [0.25, 0.3) is 0 Å². The molecule has 1 heterocycles. The van der Waals surface area contributed by atoms with E-state index in [0.717, 1.165) is 25.8 Å². The fraction of sp³-hybridized carbons (Fsp3) is 0.619. The van der Waals surface area contributed by atoms with Crippen molar-refractivity contribution in [1.82, 2.24) is 15.5 Å². The van der Waals surface area contributed by atoms with Crippen molar-refractivity contribution < 1.29 is 9.59 Å². The van der Waals surface area contributed by atoms with Crippen LogP contribution >= 0.6 is 0 Å². The average Bonchev–Trinajstić information content (AvgIpc) is 2.64. The van der Waals surface area contributed by atoms with Crippen LogP contribution in [0, 0.1) is 0 Å². The highest BCUT2D eigenvalue weighted by Gasteiger charge is 2.12. The number of benzene rings is 1. The van der Waals surface area contributed by atoms with E-state index in [1.54, 1.807) is 0 Å². The van der Waals surface area contributed by atoms with Gasteiger partial charge in [-0.2, -0.15) is 0 Å². The molecule has 0 bridgehead atoms. The Morgan fingerprint density at radius 1 is 0.962 bits per heavy atom. The van der Waals surface area contributed by atoms with Gasteiger partial charge in [-0.1, -0.05) is 37.1 Å². The lowest BCUT2D eigenvalue weighted by molar-refractivity contribution is -0.121. The van der Waals surface area contributed by atoms with Crippen molar-refractivity contribution in [2.75, 3.05) is 19.6 Å². The van der Waals surface area contributed by atoms with E-state index in [9.17, 15) is 9.59 Å². The number of carbonyl (C=O) groups excluding carboxylic acids is 2. The Kier molecular flexibility index (Phi) is 9.18. The molecule has 0 aliphatic carbocycles. The highest BCUT2D eigenvalue weighted by atomic mass is 16.2. The Morgan fingerprint density at radius 2 is 1.69 bits per heavy atom. The van der Waals surface area contributed by atoms with Crippen LogP contribution in [0.1, 0.15) is 63.0 Å². The van der Waals surface area contributed by atoms with Gasteiger partial charge >= 0.3 is 0 Å². The summed E-state index contributed by atoms with van der Waals surface area (Å²) in [6, 6.07) is 8.42. The summed E-state index contributed by atoms with van der Waals surface area (Å²) in [5.74, 6) is 0.114. The van der Waals surface area contributed by atoms with E-state index in [2.05, 4.69) is 33.7 Å². The summed E-state index contributed by atoms with van der Waals surface area (Å²) in [7, 11) is 0. The van der Waals surface area contributed by atoms with Crippen LogP contribution in [0.3, 0.4) is 0 Å². The fourth-order valence-electron chi connectivity index (χ4n) is 3.38. The van der Waals surface area contributed by atoms with Crippen LogP contribution in [0.15, 0.2) is 24.3 Å². The summed E-state index contributed by atoms with van der Waals surface area (Å²) in [5, 5.41) is 5.84. The molecule has 5 heteroatoms. The highest BCUT2D eigenvalue weighted by Crippen LogP contribution is 2.16. The van der Waals surface area contributed by atoms with Crippen molar-refractivity contribution in [2.24, 2.45) is 0 Å². The summed E-state index contributed by atoms with van der Waals surface area (Å²) >= 11 is 0. The van der Waals surface area contributed by atoms with Crippen LogP contribution in [0.25, 0.3) is 0 Å². The minimum Gasteiger partial charge on any atom is -0.356 e. The minimum atomic E-state index is 0.00552. The number of hydrogen-bond acceptors (Lipinski definition) is 3. The molecule has 1 aromatic carbocycles. The first-order valence-corrected chi connectivity index (χ1v) is 9.95. The summed E-state index contributed by atoms with van der Waals surface area (Å²) < 4.78 is 0. The van der Waals surface area contributed by atoms with E-state index in [1.165, 1.54) is 50.4 Å². The van der Waals surface area contributed by atoms with Gasteiger partial charge in [-0.05, 0) is 49.9 Å². The standard InChI is InChI=1S/C21H33N3O2/c1-18(25)22-13-7-2-4-12-21(26)23-16-19-10-5-6-11-20(19)17-24-14-8-3-9-15-24/h5-6,10-11H,2-4,7-9,12-17H2,1H3,(H,22,25)(H,23,26). The second-order valence-corrected chi connectivity index (χ2v) is 7.18. The smallest absolute Gasteiger partial charge is 0.220 e. The SMILES string of the molecule is CC(=O)NCCCCCC(=O)NCc1ccccc1CN1CCCCC1. The summed E-state index contributed by atoms with van der Waals surface area (Å²) in [6.45, 7) is 6.17. The van der Waals surface area contributed by atoms with Gasteiger partial charge < -0.3 is 10.6 Å². The number of unbranched alkanes of at least 4 members (excludes halogenated alkanes) is 2. The lowest BCUT2D eigenvalue weighted by Crippen LogP contribution is -2.30. The highest BCUT2D eigenvalue weighted by molar-refractivity contribution is 5.75. The van der Waals surface area contributed by atoms with E-state index >= 15 is 0 Å². The number of likely N-dealkylation sites (tertiary alicyclic amines) is 1. The van der Waals surface area contributed by atoms with E-state index in [0.29, 0.717) is 19.5 Å². The molecule has 5 nitrogen and oxygen atoms in total. The number of piperidine rings is 1. The molecule has 26 heavy (non-hydrogen) atoms. The molecule has 1 aliphatic heterocycles. The molecule has 0 radical (unpaired) electrons. The van der Waals surface area contributed by atoms with Crippen LogP contribution < -0.4 is 10.6 Å². The van der Waals surface area contributed by atoms with Gasteiger partial charge in [-0.15, -0.1) is 0 Å². The number of hydrogen-bond donors (Lipinski definition) is 2. The lowest BCUT2D eigenvalue weighted by atomic mass is 10.0. The van der Waals surface area contributed by atoms with Gasteiger partial charge in [0.05, 0.1) is 0 Å². The van der Waals surface area contributed by atoms with Crippen molar-refractivity contribution in [1.29, 1.82) is 0 Å².